The Morgan fingerprint density at radius 1 is 1.40 bits per heavy atom. The Hall–Kier alpha value is -1.37. The lowest BCUT2D eigenvalue weighted by Gasteiger charge is -1.99. The van der Waals surface area contributed by atoms with Crippen LogP contribution in [0.15, 0.2) is 33.7 Å². The van der Waals surface area contributed by atoms with Gasteiger partial charge in [0.2, 0.25) is 5.89 Å². The van der Waals surface area contributed by atoms with E-state index in [1.54, 1.807) is 18.9 Å². The highest BCUT2D eigenvalue weighted by Crippen LogP contribution is 2.22. The van der Waals surface area contributed by atoms with Crippen molar-refractivity contribution in [1.29, 1.82) is 0 Å². The van der Waals surface area contributed by atoms with E-state index in [1.165, 1.54) is 10.5 Å². The molecule has 2 rings (SSSR count). The number of hydrogen-bond donors (Lipinski definition) is 1. The molecular weight excluding hydrogens is 274 g/mol. The molecule has 1 aromatic heterocycles. The molecule has 108 valence electrons. The second-order valence-electron chi connectivity index (χ2n) is 4.38. The van der Waals surface area contributed by atoms with Crippen molar-refractivity contribution in [2.75, 3.05) is 20.3 Å². The van der Waals surface area contributed by atoms with Crippen molar-refractivity contribution in [3.8, 4) is 0 Å². The minimum absolute atomic E-state index is 0.575. The third kappa shape index (κ3) is 4.96. The molecule has 0 radical (unpaired) electrons. The van der Waals surface area contributed by atoms with Gasteiger partial charge in [-0.1, -0.05) is 22.9 Å². The predicted octanol–water partition coefficient (Wildman–Crippen LogP) is 2.41. The summed E-state index contributed by atoms with van der Waals surface area (Å²) in [5, 5.41) is 7.14. The molecule has 1 heterocycles. The van der Waals surface area contributed by atoms with Gasteiger partial charge in [0.15, 0.2) is 5.82 Å². The van der Waals surface area contributed by atoms with Crippen molar-refractivity contribution in [3.63, 3.8) is 0 Å². The molecule has 6 heteroatoms. The highest BCUT2D eigenvalue weighted by atomic mass is 32.2. The zero-order valence-corrected chi connectivity index (χ0v) is 12.6. The fraction of sp³-hybridized carbons (Fsp3) is 0.429. The molecule has 0 saturated heterocycles. The Morgan fingerprint density at radius 2 is 2.30 bits per heavy atom. The maximum absolute atomic E-state index is 5.18. The molecule has 0 bridgehead atoms. The van der Waals surface area contributed by atoms with Crippen molar-refractivity contribution >= 4 is 11.8 Å². The zero-order valence-electron chi connectivity index (χ0n) is 11.8. The van der Waals surface area contributed by atoms with Crippen LogP contribution >= 0.6 is 11.8 Å². The Balaban J connectivity index is 1.78. The van der Waals surface area contributed by atoms with Crippen molar-refractivity contribution in [2.45, 2.75) is 24.1 Å². The van der Waals surface area contributed by atoms with Crippen LogP contribution in [0.3, 0.4) is 0 Å². The van der Waals surface area contributed by atoms with Gasteiger partial charge in [-0.2, -0.15) is 4.98 Å². The van der Waals surface area contributed by atoms with Crippen molar-refractivity contribution in [2.24, 2.45) is 0 Å². The number of hydrogen-bond acceptors (Lipinski definition) is 6. The maximum atomic E-state index is 5.18. The van der Waals surface area contributed by atoms with Crippen LogP contribution in [-0.4, -0.2) is 30.4 Å². The number of ether oxygens (including phenoxy) is 1. The largest absolute Gasteiger partial charge is 0.383 e. The van der Waals surface area contributed by atoms with Gasteiger partial charge < -0.3 is 14.6 Å². The summed E-state index contributed by atoms with van der Waals surface area (Å²) < 4.78 is 10.1. The molecule has 0 aliphatic carbocycles. The van der Waals surface area contributed by atoms with E-state index in [2.05, 4.69) is 46.6 Å². The highest BCUT2D eigenvalue weighted by molar-refractivity contribution is 7.98. The lowest BCUT2D eigenvalue weighted by molar-refractivity contribution is 0.197. The molecule has 0 aliphatic heterocycles. The Bertz CT molecular complexity index is 531. The summed E-state index contributed by atoms with van der Waals surface area (Å²) in [4.78, 5) is 5.56. The number of aryl methyl sites for hydroxylation is 1. The van der Waals surface area contributed by atoms with Gasteiger partial charge in [-0.05, 0) is 19.1 Å². The first-order valence-corrected chi connectivity index (χ1v) is 7.47. The highest BCUT2D eigenvalue weighted by Gasteiger charge is 2.06. The van der Waals surface area contributed by atoms with Gasteiger partial charge >= 0.3 is 0 Å². The molecule has 0 atom stereocenters. The second-order valence-corrected chi connectivity index (χ2v) is 5.43. The summed E-state index contributed by atoms with van der Waals surface area (Å²) in [6.07, 6.45) is 0. The Morgan fingerprint density at radius 3 is 3.10 bits per heavy atom. The molecular formula is C14H19N3O2S. The first-order chi connectivity index (χ1) is 9.78. The first kappa shape index (κ1) is 15.0. The van der Waals surface area contributed by atoms with E-state index in [-0.39, 0.29) is 0 Å². The van der Waals surface area contributed by atoms with Crippen LogP contribution < -0.4 is 5.32 Å². The molecule has 1 aromatic carbocycles. The van der Waals surface area contributed by atoms with E-state index in [9.17, 15) is 0 Å². The molecule has 0 amide bonds. The van der Waals surface area contributed by atoms with Gasteiger partial charge in [0.25, 0.3) is 0 Å². The number of nitrogens with zero attached hydrogens (tertiary/aromatic N) is 2. The smallest absolute Gasteiger partial charge is 0.240 e. The number of methoxy groups -OCH3 is 1. The Kier molecular flexibility index (Phi) is 6.04. The molecule has 0 saturated carbocycles. The van der Waals surface area contributed by atoms with E-state index in [1.807, 2.05) is 0 Å². The number of rotatable bonds is 8. The van der Waals surface area contributed by atoms with Gasteiger partial charge in [-0.3, -0.25) is 0 Å². The first-order valence-electron chi connectivity index (χ1n) is 6.48. The molecule has 0 fully saturated rings. The van der Waals surface area contributed by atoms with Crippen LogP contribution in [0, 0.1) is 6.92 Å². The van der Waals surface area contributed by atoms with Crippen molar-refractivity contribution in [3.05, 3.63) is 41.5 Å². The maximum Gasteiger partial charge on any atom is 0.240 e. The predicted molar refractivity (Wildman–Crippen MR) is 78.6 cm³/mol. The van der Waals surface area contributed by atoms with Crippen molar-refractivity contribution in [1.82, 2.24) is 15.5 Å². The Labute approximate surface area is 123 Å². The third-order valence-corrected chi connectivity index (χ3v) is 3.62. The third-order valence-electron chi connectivity index (χ3n) is 2.63. The zero-order chi connectivity index (χ0) is 14.2. The molecule has 0 aliphatic rings. The minimum Gasteiger partial charge on any atom is -0.383 e. The fourth-order valence-electron chi connectivity index (χ4n) is 1.64. The monoisotopic (exact) mass is 293 g/mol. The summed E-state index contributed by atoms with van der Waals surface area (Å²) >= 11 is 1.71. The topological polar surface area (TPSA) is 60.2 Å². The SMILES string of the molecule is COCCNCc1nc(CSc2cccc(C)c2)no1. The van der Waals surface area contributed by atoms with Crippen LogP contribution in [0.5, 0.6) is 0 Å². The van der Waals surface area contributed by atoms with E-state index in [0.717, 1.165) is 12.4 Å². The molecule has 1 N–H and O–H groups in total. The normalized spacial score (nSPS) is 10.9. The molecule has 2 aromatic rings. The number of benzene rings is 1. The van der Waals surface area contributed by atoms with E-state index in [4.69, 9.17) is 9.26 Å². The van der Waals surface area contributed by atoms with Crippen LogP contribution in [-0.2, 0) is 17.0 Å². The summed E-state index contributed by atoms with van der Waals surface area (Å²) in [6.45, 7) is 4.10. The van der Waals surface area contributed by atoms with Crippen LogP contribution in [0.4, 0.5) is 0 Å². The summed E-state index contributed by atoms with van der Waals surface area (Å²) in [5.74, 6) is 2.05. The van der Waals surface area contributed by atoms with Crippen LogP contribution in [0.25, 0.3) is 0 Å². The number of thioether (sulfide) groups is 1. The lowest BCUT2D eigenvalue weighted by atomic mass is 10.2. The number of aromatic nitrogens is 2. The molecule has 0 spiro atoms. The van der Waals surface area contributed by atoms with Gasteiger partial charge in [-0.25, -0.2) is 0 Å². The average molecular weight is 293 g/mol. The number of nitrogens with one attached hydrogen (secondary N) is 1. The van der Waals surface area contributed by atoms with E-state index in [0.29, 0.717) is 24.8 Å². The second kappa shape index (κ2) is 8.04. The van der Waals surface area contributed by atoms with Crippen LogP contribution in [0.2, 0.25) is 0 Å². The van der Waals surface area contributed by atoms with Gasteiger partial charge in [-0.15, -0.1) is 11.8 Å². The molecule has 0 unspecified atom stereocenters. The van der Waals surface area contributed by atoms with Gasteiger partial charge in [0.1, 0.15) is 0 Å². The fourth-order valence-corrected chi connectivity index (χ4v) is 2.50. The summed E-state index contributed by atoms with van der Waals surface area (Å²) in [5.41, 5.74) is 1.26. The van der Waals surface area contributed by atoms with E-state index >= 15 is 0 Å². The van der Waals surface area contributed by atoms with E-state index < -0.39 is 0 Å². The minimum atomic E-state index is 0.575. The van der Waals surface area contributed by atoms with Crippen LogP contribution in [0.1, 0.15) is 17.3 Å². The van der Waals surface area contributed by atoms with Gasteiger partial charge in [0.05, 0.1) is 18.9 Å². The average Bonchev–Trinajstić information content (AvgIpc) is 2.89. The molecule has 20 heavy (non-hydrogen) atoms. The quantitative estimate of drug-likeness (QED) is 0.596. The molecule has 5 nitrogen and oxygen atoms in total. The lowest BCUT2D eigenvalue weighted by Crippen LogP contribution is -2.18. The standard InChI is InChI=1S/C14H19N3O2S/c1-11-4-3-5-12(8-11)20-10-13-16-14(19-17-13)9-15-6-7-18-2/h3-5,8,15H,6-7,9-10H2,1-2H3. The van der Waals surface area contributed by atoms with Crippen molar-refractivity contribution < 1.29 is 9.26 Å². The van der Waals surface area contributed by atoms with Gasteiger partial charge in [0, 0.05) is 18.6 Å². The summed E-state index contributed by atoms with van der Waals surface area (Å²) in [6, 6.07) is 8.38. The summed E-state index contributed by atoms with van der Waals surface area (Å²) in [7, 11) is 1.68.